The van der Waals surface area contributed by atoms with Crippen molar-refractivity contribution in [2.24, 2.45) is 11.8 Å². The molecule has 17 heavy (non-hydrogen) atoms. The van der Waals surface area contributed by atoms with Gasteiger partial charge < -0.3 is 0 Å². The van der Waals surface area contributed by atoms with Crippen LogP contribution in [0.3, 0.4) is 0 Å². The van der Waals surface area contributed by atoms with Crippen molar-refractivity contribution < 1.29 is 4.79 Å². The van der Waals surface area contributed by atoms with E-state index in [1.807, 2.05) is 30.3 Å². The van der Waals surface area contributed by atoms with E-state index in [1.54, 1.807) is 0 Å². The molecule has 1 nitrogen and oxygen atoms in total. The van der Waals surface area contributed by atoms with Gasteiger partial charge in [0.1, 0.15) is 0 Å². The van der Waals surface area contributed by atoms with Crippen LogP contribution < -0.4 is 0 Å². The van der Waals surface area contributed by atoms with E-state index in [9.17, 15) is 4.79 Å². The van der Waals surface area contributed by atoms with Crippen LogP contribution in [0.1, 0.15) is 32.3 Å². The number of rotatable bonds is 2. The Kier molecular flexibility index (Phi) is 3.68. The topological polar surface area (TPSA) is 17.1 Å². The lowest BCUT2D eigenvalue weighted by molar-refractivity contribution is -0.118. The summed E-state index contributed by atoms with van der Waals surface area (Å²) in [6.07, 6.45) is 3.90. The van der Waals surface area contributed by atoms with Crippen LogP contribution in [-0.2, 0) is 4.79 Å². The van der Waals surface area contributed by atoms with E-state index in [-0.39, 0.29) is 5.92 Å². The Labute approximate surface area is 107 Å². The second-order valence-electron chi connectivity index (χ2n) is 4.97. The molecule has 1 aliphatic rings. The second-order valence-corrected chi connectivity index (χ2v) is 5.41. The molecule has 1 fully saturated rings. The maximum absolute atomic E-state index is 12.1. The third kappa shape index (κ3) is 2.78. The van der Waals surface area contributed by atoms with Crippen LogP contribution in [0.15, 0.2) is 29.8 Å². The van der Waals surface area contributed by atoms with Crippen LogP contribution in [-0.4, -0.2) is 5.78 Å². The summed E-state index contributed by atoms with van der Waals surface area (Å²) in [7, 11) is 0. The van der Waals surface area contributed by atoms with Crippen molar-refractivity contribution in [3.8, 4) is 0 Å². The Morgan fingerprint density at radius 3 is 2.47 bits per heavy atom. The molecular formula is C15H17ClO. The lowest BCUT2D eigenvalue weighted by Crippen LogP contribution is -2.13. The number of hydrogen-bond acceptors (Lipinski definition) is 1. The van der Waals surface area contributed by atoms with Gasteiger partial charge in [-0.2, -0.15) is 0 Å². The van der Waals surface area contributed by atoms with Gasteiger partial charge in [0.2, 0.25) is 0 Å². The molecule has 0 saturated heterocycles. The highest BCUT2D eigenvalue weighted by Crippen LogP contribution is 2.33. The predicted octanol–water partition coefficient (Wildman–Crippen LogP) is 4.36. The molecule has 1 atom stereocenters. The lowest BCUT2D eigenvalue weighted by atomic mass is 9.93. The van der Waals surface area contributed by atoms with E-state index in [0.717, 1.165) is 29.0 Å². The fraction of sp³-hybridized carbons (Fsp3) is 0.400. The monoisotopic (exact) mass is 248 g/mol. The molecule has 1 unspecified atom stereocenters. The first-order valence-electron chi connectivity index (χ1n) is 6.08. The average molecular weight is 249 g/mol. The number of carbonyl (C=O) groups is 1. The normalized spacial score (nSPS) is 22.7. The Bertz CT molecular complexity index is 442. The zero-order chi connectivity index (χ0) is 12.4. The first-order valence-corrected chi connectivity index (χ1v) is 6.46. The van der Waals surface area contributed by atoms with Gasteiger partial charge in [0.25, 0.3) is 0 Å². The Morgan fingerprint density at radius 2 is 1.94 bits per heavy atom. The SMILES string of the molecule is CC(C)C1CC/C(=C\c2ccc(Cl)cc2)C1=O. The minimum absolute atomic E-state index is 0.216. The molecule has 1 aromatic rings. The van der Waals surface area contributed by atoms with Crippen LogP contribution in [0.2, 0.25) is 5.02 Å². The zero-order valence-electron chi connectivity index (χ0n) is 10.2. The molecular weight excluding hydrogens is 232 g/mol. The number of allylic oxidation sites excluding steroid dienone is 1. The molecule has 0 amide bonds. The predicted molar refractivity (Wildman–Crippen MR) is 72.0 cm³/mol. The van der Waals surface area contributed by atoms with E-state index >= 15 is 0 Å². The van der Waals surface area contributed by atoms with Gasteiger partial charge in [-0.1, -0.05) is 37.6 Å². The number of carbonyl (C=O) groups excluding carboxylic acids is 1. The lowest BCUT2D eigenvalue weighted by Gasteiger charge is -2.10. The Balaban J connectivity index is 2.19. The molecule has 1 aromatic carbocycles. The van der Waals surface area contributed by atoms with Crippen molar-refractivity contribution in [2.75, 3.05) is 0 Å². The highest BCUT2D eigenvalue weighted by molar-refractivity contribution is 6.30. The maximum Gasteiger partial charge on any atom is 0.162 e. The van der Waals surface area contributed by atoms with Gasteiger partial charge in [-0.15, -0.1) is 0 Å². The van der Waals surface area contributed by atoms with E-state index < -0.39 is 0 Å². The molecule has 0 aliphatic heterocycles. The van der Waals surface area contributed by atoms with Crippen molar-refractivity contribution in [3.63, 3.8) is 0 Å². The summed E-state index contributed by atoms with van der Waals surface area (Å²) in [5.41, 5.74) is 2.02. The van der Waals surface area contributed by atoms with Crippen molar-refractivity contribution in [1.29, 1.82) is 0 Å². The largest absolute Gasteiger partial charge is 0.294 e. The van der Waals surface area contributed by atoms with Crippen molar-refractivity contribution in [1.82, 2.24) is 0 Å². The molecule has 0 aromatic heterocycles. The number of Topliss-reactive ketones (excluding diaryl/α,β-unsaturated/α-hetero) is 1. The highest BCUT2D eigenvalue weighted by atomic mass is 35.5. The van der Waals surface area contributed by atoms with Crippen LogP contribution in [0.25, 0.3) is 6.08 Å². The van der Waals surface area contributed by atoms with Crippen LogP contribution in [0, 0.1) is 11.8 Å². The molecule has 0 heterocycles. The standard InChI is InChI=1S/C15H17ClO/c1-10(2)14-8-5-12(15(14)17)9-11-3-6-13(16)7-4-11/h3-4,6-7,9-10,14H,5,8H2,1-2H3/b12-9+. The number of ketones is 1. The van der Waals surface area contributed by atoms with Crippen LogP contribution >= 0.6 is 11.6 Å². The first-order chi connectivity index (χ1) is 8.08. The van der Waals surface area contributed by atoms with Gasteiger partial charge in [0.15, 0.2) is 5.78 Å². The first kappa shape index (κ1) is 12.4. The van der Waals surface area contributed by atoms with E-state index in [1.165, 1.54) is 0 Å². The summed E-state index contributed by atoms with van der Waals surface area (Å²) < 4.78 is 0. The molecule has 90 valence electrons. The summed E-state index contributed by atoms with van der Waals surface area (Å²) in [5.74, 6) is 0.988. The molecule has 0 spiro atoms. The highest BCUT2D eigenvalue weighted by Gasteiger charge is 2.31. The smallest absolute Gasteiger partial charge is 0.162 e. The number of hydrogen-bond donors (Lipinski definition) is 0. The third-order valence-corrected chi connectivity index (χ3v) is 3.65. The molecule has 0 N–H and O–H groups in total. The van der Waals surface area contributed by atoms with Gasteiger partial charge in [-0.05, 0) is 48.1 Å². The van der Waals surface area contributed by atoms with Gasteiger partial charge in [0.05, 0.1) is 0 Å². The summed E-state index contributed by atoms with van der Waals surface area (Å²) in [6, 6.07) is 7.61. The molecule has 0 bridgehead atoms. The van der Waals surface area contributed by atoms with Crippen LogP contribution in [0.5, 0.6) is 0 Å². The van der Waals surface area contributed by atoms with E-state index in [2.05, 4.69) is 13.8 Å². The Hall–Kier alpha value is -1.08. The summed E-state index contributed by atoms with van der Waals surface area (Å²) in [5, 5.41) is 0.727. The fourth-order valence-corrected chi connectivity index (χ4v) is 2.47. The van der Waals surface area contributed by atoms with Gasteiger partial charge >= 0.3 is 0 Å². The van der Waals surface area contributed by atoms with Gasteiger partial charge in [0, 0.05) is 10.9 Å². The van der Waals surface area contributed by atoms with Gasteiger partial charge in [-0.3, -0.25) is 4.79 Å². The molecule has 0 radical (unpaired) electrons. The number of benzene rings is 1. The quantitative estimate of drug-likeness (QED) is 0.711. The van der Waals surface area contributed by atoms with Crippen LogP contribution in [0.4, 0.5) is 0 Å². The summed E-state index contributed by atoms with van der Waals surface area (Å²) in [4.78, 5) is 12.1. The Morgan fingerprint density at radius 1 is 1.29 bits per heavy atom. The maximum atomic E-state index is 12.1. The van der Waals surface area contributed by atoms with Gasteiger partial charge in [-0.25, -0.2) is 0 Å². The molecule has 2 heteroatoms. The number of halogens is 1. The fourth-order valence-electron chi connectivity index (χ4n) is 2.34. The summed E-state index contributed by atoms with van der Waals surface area (Å²) in [6.45, 7) is 4.24. The van der Waals surface area contributed by atoms with E-state index in [4.69, 9.17) is 11.6 Å². The molecule has 1 aliphatic carbocycles. The van der Waals surface area contributed by atoms with Crippen molar-refractivity contribution in [2.45, 2.75) is 26.7 Å². The molecule has 2 rings (SSSR count). The van der Waals surface area contributed by atoms with Crippen molar-refractivity contribution in [3.05, 3.63) is 40.4 Å². The van der Waals surface area contributed by atoms with E-state index in [0.29, 0.717) is 11.7 Å². The minimum Gasteiger partial charge on any atom is -0.294 e. The zero-order valence-corrected chi connectivity index (χ0v) is 11.0. The minimum atomic E-state index is 0.216. The summed E-state index contributed by atoms with van der Waals surface area (Å²) >= 11 is 5.83. The average Bonchev–Trinajstić information content (AvgIpc) is 2.64. The molecule has 1 saturated carbocycles. The second kappa shape index (κ2) is 5.05. The van der Waals surface area contributed by atoms with Crippen molar-refractivity contribution >= 4 is 23.5 Å². The third-order valence-electron chi connectivity index (χ3n) is 3.39.